The zero-order valence-corrected chi connectivity index (χ0v) is 16.7. The number of benzene rings is 1. The molecule has 2 aliphatic rings. The van der Waals surface area contributed by atoms with Gasteiger partial charge >= 0.3 is 0 Å². The molecule has 4 heterocycles. The molecule has 3 aromatic rings. The number of aryl methyl sites for hydroxylation is 1. The topological polar surface area (TPSA) is 104 Å². The minimum Gasteiger partial charge on any atom is -0.507 e. The van der Waals surface area contributed by atoms with Gasteiger partial charge in [0.2, 0.25) is 0 Å². The van der Waals surface area contributed by atoms with Gasteiger partial charge in [-0.2, -0.15) is 0 Å². The first kappa shape index (κ1) is 18.9. The van der Waals surface area contributed by atoms with Crippen LogP contribution in [0.2, 0.25) is 0 Å². The summed E-state index contributed by atoms with van der Waals surface area (Å²) in [5.41, 5.74) is 0.886. The highest BCUT2D eigenvalue weighted by atomic mass is 19.1. The van der Waals surface area contributed by atoms with Crippen LogP contribution < -0.4 is 15.6 Å². The molecule has 156 valence electrons. The van der Waals surface area contributed by atoms with Crippen LogP contribution in [0.15, 0.2) is 33.8 Å². The van der Waals surface area contributed by atoms with E-state index in [1.807, 2.05) is 0 Å². The largest absolute Gasteiger partial charge is 0.507 e. The third kappa shape index (κ3) is 3.00. The Hall–Kier alpha value is -3.07. The fourth-order valence-electron chi connectivity index (χ4n) is 4.51. The molecule has 4 atom stereocenters. The summed E-state index contributed by atoms with van der Waals surface area (Å²) in [4.78, 5) is 18.3. The molecule has 2 bridgehead atoms. The van der Waals surface area contributed by atoms with Gasteiger partial charge in [-0.1, -0.05) is 0 Å². The van der Waals surface area contributed by atoms with Crippen molar-refractivity contribution in [1.82, 2.24) is 20.5 Å². The third-order valence-electron chi connectivity index (χ3n) is 6.27. The van der Waals surface area contributed by atoms with Gasteiger partial charge < -0.3 is 19.7 Å². The summed E-state index contributed by atoms with van der Waals surface area (Å²) in [6, 6.07) is 2.82. The standard InChI is InChI=1S/C21H22FN5O3/c1-10-9-30-17-7-12(16(28)6-13(17)20(10)29)21-23-8-18(25-26-21)27(2)15-5-11-3-4-14(24-11)19(15)22/h6-9,11,14-15,19,24,28H,3-5H2,1-2H3/t11?,14?,15?,19-/m1/s1. The van der Waals surface area contributed by atoms with E-state index in [4.69, 9.17) is 4.42 Å². The lowest BCUT2D eigenvalue weighted by atomic mass is 9.96. The fraction of sp³-hybridized carbons (Fsp3) is 0.429. The molecular weight excluding hydrogens is 389 g/mol. The lowest BCUT2D eigenvalue weighted by Crippen LogP contribution is -2.55. The zero-order valence-electron chi connectivity index (χ0n) is 16.7. The molecule has 2 aromatic heterocycles. The highest BCUT2D eigenvalue weighted by molar-refractivity contribution is 5.85. The summed E-state index contributed by atoms with van der Waals surface area (Å²) >= 11 is 0. The van der Waals surface area contributed by atoms with Gasteiger partial charge in [0, 0.05) is 24.7 Å². The number of hydrogen-bond donors (Lipinski definition) is 2. The van der Waals surface area contributed by atoms with Crippen LogP contribution in [-0.4, -0.2) is 51.6 Å². The van der Waals surface area contributed by atoms with Crippen LogP contribution in [0.4, 0.5) is 10.2 Å². The predicted octanol–water partition coefficient (Wildman–Crippen LogP) is 2.33. The summed E-state index contributed by atoms with van der Waals surface area (Å²) in [6.45, 7) is 1.65. The van der Waals surface area contributed by atoms with Gasteiger partial charge in [-0.15, -0.1) is 10.2 Å². The van der Waals surface area contributed by atoms with Crippen molar-refractivity contribution in [2.24, 2.45) is 0 Å². The van der Waals surface area contributed by atoms with Crippen LogP contribution in [0.1, 0.15) is 24.8 Å². The van der Waals surface area contributed by atoms with Crippen LogP contribution in [0.5, 0.6) is 5.75 Å². The molecule has 0 saturated carbocycles. The van der Waals surface area contributed by atoms with Gasteiger partial charge in [0.05, 0.1) is 29.5 Å². The van der Waals surface area contributed by atoms with E-state index in [9.17, 15) is 14.3 Å². The van der Waals surface area contributed by atoms with Gasteiger partial charge in [-0.25, -0.2) is 9.37 Å². The number of rotatable bonds is 3. The first-order valence-electron chi connectivity index (χ1n) is 10.0. The number of halogens is 1. The normalized spacial score (nSPS) is 25.6. The highest BCUT2D eigenvalue weighted by Crippen LogP contribution is 2.34. The van der Waals surface area contributed by atoms with Crippen molar-refractivity contribution >= 4 is 16.8 Å². The molecule has 5 rings (SSSR count). The Labute approximate surface area is 171 Å². The third-order valence-corrected chi connectivity index (χ3v) is 6.27. The minimum atomic E-state index is -0.980. The second-order valence-corrected chi connectivity index (χ2v) is 8.16. The molecule has 0 radical (unpaired) electrons. The van der Waals surface area contributed by atoms with Crippen molar-refractivity contribution in [2.75, 3.05) is 11.9 Å². The number of nitrogens with zero attached hydrogens (tertiary/aromatic N) is 4. The number of anilines is 1. The summed E-state index contributed by atoms with van der Waals surface area (Å²) in [5.74, 6) is 0.522. The van der Waals surface area contributed by atoms with E-state index in [-0.39, 0.29) is 34.5 Å². The van der Waals surface area contributed by atoms with E-state index < -0.39 is 6.17 Å². The average Bonchev–Trinajstić information content (AvgIpc) is 3.17. The first-order chi connectivity index (χ1) is 14.4. The quantitative estimate of drug-likeness (QED) is 0.677. The molecule has 0 aliphatic carbocycles. The van der Waals surface area contributed by atoms with Crippen LogP contribution in [0.25, 0.3) is 22.4 Å². The first-order valence-corrected chi connectivity index (χ1v) is 10.0. The van der Waals surface area contributed by atoms with Crippen molar-refractivity contribution in [3.05, 3.63) is 40.4 Å². The number of nitrogens with one attached hydrogen (secondary N) is 1. The Balaban J connectivity index is 1.44. The minimum absolute atomic E-state index is 0.107. The molecule has 2 aliphatic heterocycles. The summed E-state index contributed by atoms with van der Waals surface area (Å²) < 4.78 is 20.3. The maximum absolute atomic E-state index is 14.8. The molecule has 0 spiro atoms. The van der Waals surface area contributed by atoms with Gasteiger partial charge in [0.1, 0.15) is 17.5 Å². The summed E-state index contributed by atoms with van der Waals surface area (Å²) in [5, 5.41) is 22.4. The molecule has 1 aromatic carbocycles. The fourth-order valence-corrected chi connectivity index (χ4v) is 4.51. The number of phenols is 1. The van der Waals surface area contributed by atoms with Gasteiger partial charge in [0.25, 0.3) is 0 Å². The average molecular weight is 411 g/mol. The molecule has 30 heavy (non-hydrogen) atoms. The van der Waals surface area contributed by atoms with Crippen molar-refractivity contribution in [1.29, 1.82) is 0 Å². The molecule has 9 heteroatoms. The number of aromatic nitrogens is 3. The number of hydrogen-bond acceptors (Lipinski definition) is 8. The highest BCUT2D eigenvalue weighted by Gasteiger charge is 2.43. The lowest BCUT2D eigenvalue weighted by molar-refractivity contribution is 0.176. The molecule has 2 saturated heterocycles. The Morgan fingerprint density at radius 3 is 2.90 bits per heavy atom. The van der Waals surface area contributed by atoms with Gasteiger partial charge in [-0.05, 0) is 38.3 Å². The predicted molar refractivity (Wildman–Crippen MR) is 109 cm³/mol. The number of fused-ring (bicyclic) bond motifs is 3. The van der Waals surface area contributed by atoms with Crippen molar-refractivity contribution in [3.63, 3.8) is 0 Å². The van der Waals surface area contributed by atoms with Crippen LogP contribution in [0, 0.1) is 6.92 Å². The zero-order chi connectivity index (χ0) is 21.0. The SMILES string of the molecule is Cc1coc2cc(-c3ncc(N(C)C4CC5CCC(N5)[C@H]4F)nn3)c(O)cc2c1=O. The molecule has 3 unspecified atom stereocenters. The Morgan fingerprint density at radius 2 is 2.13 bits per heavy atom. The van der Waals surface area contributed by atoms with Crippen LogP contribution >= 0.6 is 0 Å². The van der Waals surface area contributed by atoms with Crippen molar-refractivity contribution in [2.45, 2.75) is 50.5 Å². The Kier molecular flexibility index (Phi) is 4.43. The number of phenolic OH excluding ortho intramolecular Hbond substituents is 1. The van der Waals surface area contributed by atoms with E-state index in [0.29, 0.717) is 35.0 Å². The Bertz CT molecular complexity index is 1170. The molecule has 2 N–H and O–H groups in total. The second-order valence-electron chi connectivity index (χ2n) is 8.16. The molecule has 2 fully saturated rings. The molecule has 0 amide bonds. The maximum atomic E-state index is 14.8. The number of alkyl halides is 1. The lowest BCUT2D eigenvalue weighted by Gasteiger charge is -2.38. The summed E-state index contributed by atoms with van der Waals surface area (Å²) in [7, 11) is 1.80. The molecule has 8 nitrogen and oxygen atoms in total. The smallest absolute Gasteiger partial charge is 0.195 e. The Morgan fingerprint density at radius 1 is 1.30 bits per heavy atom. The summed E-state index contributed by atoms with van der Waals surface area (Å²) in [6.07, 6.45) is 4.48. The number of aromatic hydroxyl groups is 1. The second kappa shape index (κ2) is 7.02. The van der Waals surface area contributed by atoms with Crippen molar-refractivity contribution < 1.29 is 13.9 Å². The monoisotopic (exact) mass is 411 g/mol. The van der Waals surface area contributed by atoms with E-state index >= 15 is 0 Å². The number of piperidine rings is 1. The van der Waals surface area contributed by atoms with Gasteiger partial charge in [0.15, 0.2) is 17.1 Å². The van der Waals surface area contributed by atoms with E-state index in [2.05, 4.69) is 20.5 Å². The maximum Gasteiger partial charge on any atom is 0.195 e. The van der Waals surface area contributed by atoms with E-state index in [0.717, 1.165) is 12.8 Å². The van der Waals surface area contributed by atoms with Crippen molar-refractivity contribution in [3.8, 4) is 17.1 Å². The van der Waals surface area contributed by atoms with Crippen LogP contribution in [0.3, 0.4) is 0 Å². The molecular formula is C21H22FN5O3. The van der Waals surface area contributed by atoms with Crippen LogP contribution in [-0.2, 0) is 0 Å². The van der Waals surface area contributed by atoms with Gasteiger partial charge in [-0.3, -0.25) is 4.79 Å². The van der Waals surface area contributed by atoms with E-state index in [1.54, 1.807) is 18.9 Å². The van der Waals surface area contributed by atoms with E-state index in [1.165, 1.54) is 24.6 Å².